The predicted octanol–water partition coefficient (Wildman–Crippen LogP) is 4.88. The summed E-state index contributed by atoms with van der Waals surface area (Å²) in [6.45, 7) is 4.20. The minimum absolute atomic E-state index is 0.00581. The van der Waals surface area contributed by atoms with E-state index in [2.05, 4.69) is 23.8 Å². The topological polar surface area (TPSA) is 50.9 Å². The summed E-state index contributed by atoms with van der Waals surface area (Å²) >= 11 is 8.00. The molecule has 6 heteroatoms. The van der Waals surface area contributed by atoms with Crippen LogP contribution in [0.3, 0.4) is 0 Å². The van der Waals surface area contributed by atoms with Crippen molar-refractivity contribution in [2.24, 2.45) is 0 Å². The molecule has 0 aliphatic carbocycles. The molecule has 0 radical (unpaired) electrons. The van der Waals surface area contributed by atoms with Crippen molar-refractivity contribution < 1.29 is 5.11 Å². The Kier molecular flexibility index (Phi) is 3.87. The fraction of sp³-hybridized carbons (Fsp3) is 0.333. The summed E-state index contributed by atoms with van der Waals surface area (Å²) in [5, 5.41) is 12.8. The molecule has 0 aliphatic heterocycles. The largest absolute Gasteiger partial charge is 0.480 e. The molecule has 0 amide bonds. The Morgan fingerprint density at radius 1 is 1.38 bits per heavy atom. The Bertz CT molecular complexity index is 763. The normalized spacial score (nSPS) is 11.6. The molecule has 0 unspecified atom stereocenters. The van der Waals surface area contributed by atoms with Crippen molar-refractivity contribution in [3.05, 3.63) is 28.7 Å². The lowest BCUT2D eigenvalue weighted by Crippen LogP contribution is -2.07. The van der Waals surface area contributed by atoms with Gasteiger partial charge in [0.2, 0.25) is 0 Å². The Morgan fingerprint density at radius 2 is 2.14 bits per heavy atom. The zero-order valence-electron chi connectivity index (χ0n) is 11.9. The van der Waals surface area contributed by atoms with Crippen LogP contribution in [-0.4, -0.2) is 19.6 Å². The summed E-state index contributed by atoms with van der Waals surface area (Å²) in [5.74, 6) is 0. The van der Waals surface area contributed by atoms with Crippen LogP contribution < -0.4 is 0 Å². The van der Waals surface area contributed by atoms with Crippen molar-refractivity contribution in [2.75, 3.05) is 0 Å². The van der Waals surface area contributed by atoms with Gasteiger partial charge in [-0.25, -0.2) is 4.98 Å². The number of aromatic hydroxyl groups is 1. The lowest BCUT2D eigenvalue weighted by molar-refractivity contribution is 0.362. The van der Waals surface area contributed by atoms with Gasteiger partial charge in [0, 0.05) is 22.7 Å². The molecule has 3 aromatic heterocycles. The summed E-state index contributed by atoms with van der Waals surface area (Å²) in [6.07, 6.45) is 3.42. The van der Waals surface area contributed by atoms with Gasteiger partial charge in [-0.2, -0.15) is 4.98 Å². The molecule has 3 rings (SSSR count). The molecule has 0 spiro atoms. The molecule has 4 nitrogen and oxygen atoms in total. The number of thiophene rings is 1. The minimum atomic E-state index is 0.00581. The van der Waals surface area contributed by atoms with E-state index in [0.29, 0.717) is 10.7 Å². The van der Waals surface area contributed by atoms with E-state index in [1.54, 1.807) is 17.5 Å². The van der Waals surface area contributed by atoms with Gasteiger partial charge in [0.25, 0.3) is 6.01 Å². The van der Waals surface area contributed by atoms with Gasteiger partial charge < -0.3 is 5.11 Å². The molecule has 0 saturated heterocycles. The monoisotopic (exact) mass is 321 g/mol. The highest BCUT2D eigenvalue weighted by atomic mass is 35.5. The highest BCUT2D eigenvalue weighted by Crippen LogP contribution is 2.40. The zero-order chi connectivity index (χ0) is 15.0. The smallest absolute Gasteiger partial charge is 0.296 e. The molecular formula is C15H16ClN3OS. The van der Waals surface area contributed by atoms with E-state index in [4.69, 9.17) is 11.6 Å². The fourth-order valence-electron chi connectivity index (χ4n) is 2.68. The molecule has 21 heavy (non-hydrogen) atoms. The zero-order valence-corrected chi connectivity index (χ0v) is 13.4. The number of aromatic nitrogens is 3. The van der Waals surface area contributed by atoms with Crippen molar-refractivity contribution in [2.45, 2.75) is 32.7 Å². The van der Waals surface area contributed by atoms with Crippen LogP contribution in [0.1, 0.15) is 32.7 Å². The third-order valence-electron chi connectivity index (χ3n) is 3.73. The molecule has 0 fully saturated rings. The Balaban J connectivity index is 2.38. The number of pyridine rings is 1. The average Bonchev–Trinajstić information content (AvgIpc) is 3.09. The second kappa shape index (κ2) is 5.66. The van der Waals surface area contributed by atoms with E-state index < -0.39 is 0 Å². The average molecular weight is 322 g/mol. The van der Waals surface area contributed by atoms with Crippen molar-refractivity contribution in [3.8, 4) is 16.5 Å². The molecule has 3 aromatic rings. The van der Waals surface area contributed by atoms with Gasteiger partial charge in [-0.1, -0.05) is 31.5 Å². The van der Waals surface area contributed by atoms with Crippen molar-refractivity contribution in [1.82, 2.24) is 14.5 Å². The first-order valence-corrected chi connectivity index (χ1v) is 8.22. The maximum Gasteiger partial charge on any atom is 0.296 e. The van der Waals surface area contributed by atoms with Gasteiger partial charge in [0.15, 0.2) is 5.65 Å². The van der Waals surface area contributed by atoms with Gasteiger partial charge in [0.1, 0.15) is 5.52 Å². The van der Waals surface area contributed by atoms with E-state index in [0.717, 1.165) is 28.8 Å². The van der Waals surface area contributed by atoms with Crippen LogP contribution in [0.15, 0.2) is 23.7 Å². The molecule has 0 aliphatic rings. The number of hydrogen-bond donors (Lipinski definition) is 1. The van der Waals surface area contributed by atoms with Gasteiger partial charge in [0.05, 0.1) is 5.02 Å². The Hall–Kier alpha value is -1.59. The van der Waals surface area contributed by atoms with Crippen molar-refractivity contribution >= 4 is 34.1 Å². The van der Waals surface area contributed by atoms with Crippen molar-refractivity contribution in [3.63, 3.8) is 0 Å². The summed E-state index contributed by atoms with van der Waals surface area (Å²) < 4.78 is 1.86. The third-order valence-corrected chi connectivity index (χ3v) is 4.90. The quantitative estimate of drug-likeness (QED) is 0.745. The Morgan fingerprint density at radius 3 is 2.76 bits per heavy atom. The molecule has 1 N–H and O–H groups in total. The highest BCUT2D eigenvalue weighted by molar-refractivity contribution is 7.13. The van der Waals surface area contributed by atoms with Crippen LogP contribution in [-0.2, 0) is 0 Å². The summed E-state index contributed by atoms with van der Waals surface area (Å²) in [5.41, 5.74) is 2.25. The second-order valence-electron chi connectivity index (χ2n) is 4.88. The number of rotatable bonds is 4. The number of hydrogen-bond acceptors (Lipinski definition) is 4. The van der Waals surface area contributed by atoms with Crippen molar-refractivity contribution in [1.29, 1.82) is 0 Å². The molecule has 0 bridgehead atoms. The van der Waals surface area contributed by atoms with Crippen LogP contribution in [0.4, 0.5) is 0 Å². The first kappa shape index (κ1) is 14.4. The molecule has 0 atom stereocenters. The summed E-state index contributed by atoms with van der Waals surface area (Å²) in [6, 6.07) is 4.19. The summed E-state index contributed by atoms with van der Waals surface area (Å²) in [7, 11) is 0. The van der Waals surface area contributed by atoms with Gasteiger partial charge >= 0.3 is 0 Å². The van der Waals surface area contributed by atoms with Crippen LogP contribution in [0.2, 0.25) is 5.02 Å². The number of imidazole rings is 1. The van der Waals surface area contributed by atoms with Gasteiger partial charge in [-0.05, 0) is 24.3 Å². The number of fused-ring (bicyclic) bond motifs is 1. The number of nitrogens with zero attached hydrogens (tertiary/aromatic N) is 3. The maximum absolute atomic E-state index is 10.3. The first-order chi connectivity index (χ1) is 10.2. The minimum Gasteiger partial charge on any atom is -0.480 e. The number of halogens is 1. The Labute approximate surface area is 132 Å². The third kappa shape index (κ3) is 2.30. The van der Waals surface area contributed by atoms with E-state index in [1.807, 2.05) is 22.1 Å². The lowest BCUT2D eigenvalue weighted by Gasteiger charge is -2.17. The fourth-order valence-corrected chi connectivity index (χ4v) is 3.76. The van der Waals surface area contributed by atoms with Crippen LogP contribution in [0.5, 0.6) is 6.01 Å². The van der Waals surface area contributed by atoms with E-state index >= 15 is 0 Å². The highest BCUT2D eigenvalue weighted by Gasteiger charge is 2.22. The van der Waals surface area contributed by atoms with Gasteiger partial charge in [-0.15, -0.1) is 11.3 Å². The molecule has 0 aromatic carbocycles. The standard InChI is InChI=1S/C15H16ClN3OS/c1-3-9(4-2)19-13-12(11-6-5-7-21-11)10(16)8-17-14(13)18-15(19)20/h5-9H,3-4H2,1-2H3,(H,17,18,20). The van der Waals surface area contributed by atoms with Crippen LogP contribution >= 0.6 is 22.9 Å². The predicted molar refractivity (Wildman–Crippen MR) is 87.1 cm³/mol. The molecule has 3 heterocycles. The van der Waals surface area contributed by atoms with Crippen LogP contribution in [0, 0.1) is 0 Å². The van der Waals surface area contributed by atoms with E-state index in [9.17, 15) is 5.11 Å². The first-order valence-electron chi connectivity index (χ1n) is 6.96. The lowest BCUT2D eigenvalue weighted by atomic mass is 10.1. The second-order valence-corrected chi connectivity index (χ2v) is 6.24. The molecule has 0 saturated carbocycles. The van der Waals surface area contributed by atoms with E-state index in [-0.39, 0.29) is 12.1 Å². The summed E-state index contributed by atoms with van der Waals surface area (Å²) in [4.78, 5) is 9.51. The molecular weight excluding hydrogens is 306 g/mol. The van der Waals surface area contributed by atoms with E-state index in [1.165, 1.54) is 0 Å². The maximum atomic E-state index is 10.3. The molecule has 110 valence electrons. The van der Waals surface area contributed by atoms with Crippen LogP contribution in [0.25, 0.3) is 21.6 Å². The van der Waals surface area contributed by atoms with Gasteiger partial charge in [-0.3, -0.25) is 4.57 Å². The SMILES string of the molecule is CCC(CC)n1c(O)nc2ncc(Cl)c(-c3cccs3)c21.